The fourth-order valence-corrected chi connectivity index (χ4v) is 4.24. The molecule has 1 N–H and O–H groups in total. The summed E-state index contributed by atoms with van der Waals surface area (Å²) in [5.74, 6) is 1.81. The number of nitrogens with zero attached hydrogens (tertiary/aromatic N) is 4. The van der Waals surface area contributed by atoms with E-state index in [9.17, 15) is 8.42 Å². The molecule has 0 aromatic carbocycles. The average molecular weight is 361 g/mol. The van der Waals surface area contributed by atoms with Gasteiger partial charge in [0.2, 0.25) is 10.0 Å². The van der Waals surface area contributed by atoms with E-state index in [2.05, 4.69) is 20.5 Å². The molecule has 0 spiro atoms. The van der Waals surface area contributed by atoms with Gasteiger partial charge in [-0.3, -0.25) is 0 Å². The molecular weight excluding hydrogens is 338 g/mol. The maximum Gasteiger partial charge on any atom is 0.213 e. The van der Waals surface area contributed by atoms with Gasteiger partial charge in [-0.15, -0.1) is 5.10 Å². The minimum absolute atomic E-state index is 0.160. The highest BCUT2D eigenvalue weighted by Gasteiger charge is 2.27. The van der Waals surface area contributed by atoms with Gasteiger partial charge in [-0.25, -0.2) is 17.7 Å². The van der Waals surface area contributed by atoms with Gasteiger partial charge in [0.1, 0.15) is 5.82 Å². The summed E-state index contributed by atoms with van der Waals surface area (Å²) in [6.07, 6.45) is 4.37. The molecule has 1 saturated heterocycles. The Hall–Kier alpha value is -2.06. The van der Waals surface area contributed by atoms with Crippen molar-refractivity contribution in [1.82, 2.24) is 19.5 Å². The lowest BCUT2D eigenvalue weighted by Crippen LogP contribution is -2.41. The van der Waals surface area contributed by atoms with Crippen LogP contribution in [0.4, 0.5) is 11.6 Å². The lowest BCUT2D eigenvalue weighted by atomic mass is 9.94. The van der Waals surface area contributed by atoms with Crippen LogP contribution < -0.4 is 5.32 Å². The van der Waals surface area contributed by atoms with Crippen LogP contribution in [-0.4, -0.2) is 46.7 Å². The summed E-state index contributed by atoms with van der Waals surface area (Å²) in [6.45, 7) is 2.90. The summed E-state index contributed by atoms with van der Waals surface area (Å²) in [5, 5.41) is 11.6. The number of sulfonamides is 1. The summed E-state index contributed by atoms with van der Waals surface area (Å²) >= 11 is 0. The predicted molar refractivity (Wildman–Crippen MR) is 97.0 cm³/mol. The Kier molecular flexibility index (Phi) is 5.60. The minimum atomic E-state index is -3.11. The minimum Gasteiger partial charge on any atom is -0.323 e. The molecule has 1 atom stereocenters. The zero-order chi connectivity index (χ0) is 17.7. The first-order valence-corrected chi connectivity index (χ1v) is 10.2. The molecule has 1 fully saturated rings. The van der Waals surface area contributed by atoms with Crippen molar-refractivity contribution in [3.63, 3.8) is 0 Å². The molecule has 8 heteroatoms. The predicted octanol–water partition coefficient (Wildman–Crippen LogP) is 2.22. The Labute approximate surface area is 148 Å². The van der Waals surface area contributed by atoms with Crippen molar-refractivity contribution >= 4 is 21.7 Å². The average Bonchev–Trinajstić information content (AvgIpc) is 2.64. The maximum atomic E-state index is 12.1. The molecule has 2 aromatic heterocycles. The third-order valence-electron chi connectivity index (χ3n) is 4.38. The van der Waals surface area contributed by atoms with Crippen LogP contribution in [-0.2, 0) is 16.4 Å². The molecular formula is C17H23N5O2S. The van der Waals surface area contributed by atoms with E-state index in [0.717, 1.165) is 30.8 Å². The molecule has 134 valence electrons. The van der Waals surface area contributed by atoms with Crippen molar-refractivity contribution in [2.24, 2.45) is 5.92 Å². The summed E-state index contributed by atoms with van der Waals surface area (Å²) < 4.78 is 25.7. The molecule has 0 amide bonds. The van der Waals surface area contributed by atoms with Gasteiger partial charge < -0.3 is 5.32 Å². The Morgan fingerprint density at radius 2 is 2.08 bits per heavy atom. The molecule has 3 heterocycles. The van der Waals surface area contributed by atoms with E-state index in [4.69, 9.17) is 0 Å². The van der Waals surface area contributed by atoms with E-state index < -0.39 is 10.0 Å². The number of aromatic nitrogens is 3. The zero-order valence-electron chi connectivity index (χ0n) is 14.3. The van der Waals surface area contributed by atoms with Gasteiger partial charge in [0.05, 0.1) is 11.4 Å². The standard InChI is InChI=1S/C17H23N5O2S/c1-2-25(23,24)22-11-5-6-14(13-22)12-15-8-9-17(21-20-15)19-16-7-3-4-10-18-16/h3-4,7-10,14H,2,5-6,11-13H2,1H3,(H,18,19,21)/t14-/m0/s1. The van der Waals surface area contributed by atoms with E-state index in [0.29, 0.717) is 24.8 Å². The Morgan fingerprint density at radius 3 is 2.76 bits per heavy atom. The summed E-state index contributed by atoms with van der Waals surface area (Å²) in [4.78, 5) is 4.19. The lowest BCUT2D eigenvalue weighted by Gasteiger charge is -2.31. The molecule has 1 aliphatic heterocycles. The van der Waals surface area contributed by atoms with Gasteiger partial charge in [-0.05, 0) is 56.4 Å². The number of piperidine rings is 1. The largest absolute Gasteiger partial charge is 0.323 e. The smallest absolute Gasteiger partial charge is 0.213 e. The molecule has 3 rings (SSSR count). The molecule has 0 radical (unpaired) electrons. The van der Waals surface area contributed by atoms with Crippen LogP contribution in [0.2, 0.25) is 0 Å². The molecule has 0 aliphatic carbocycles. The van der Waals surface area contributed by atoms with Crippen LogP contribution in [0.1, 0.15) is 25.5 Å². The number of rotatable bonds is 6. The molecule has 1 aliphatic rings. The quantitative estimate of drug-likeness (QED) is 0.849. The van der Waals surface area contributed by atoms with Crippen LogP contribution in [0.15, 0.2) is 36.5 Å². The van der Waals surface area contributed by atoms with Gasteiger partial charge in [-0.2, -0.15) is 5.10 Å². The van der Waals surface area contributed by atoms with E-state index >= 15 is 0 Å². The second-order valence-corrected chi connectivity index (χ2v) is 8.48. The van der Waals surface area contributed by atoms with Gasteiger partial charge in [-0.1, -0.05) is 6.07 Å². The van der Waals surface area contributed by atoms with Crippen LogP contribution in [0.3, 0.4) is 0 Å². The second kappa shape index (κ2) is 7.88. The second-order valence-electron chi connectivity index (χ2n) is 6.22. The summed E-state index contributed by atoms with van der Waals surface area (Å²) in [6, 6.07) is 9.43. The Morgan fingerprint density at radius 1 is 1.20 bits per heavy atom. The van der Waals surface area contributed by atoms with Crippen molar-refractivity contribution < 1.29 is 8.42 Å². The summed E-state index contributed by atoms with van der Waals surface area (Å²) in [7, 11) is -3.11. The van der Waals surface area contributed by atoms with Crippen LogP contribution in [0.25, 0.3) is 0 Å². The highest BCUT2D eigenvalue weighted by atomic mass is 32.2. The van der Waals surface area contributed by atoms with Crippen LogP contribution in [0.5, 0.6) is 0 Å². The molecule has 7 nitrogen and oxygen atoms in total. The summed E-state index contributed by atoms with van der Waals surface area (Å²) in [5.41, 5.74) is 0.882. The van der Waals surface area contributed by atoms with Crippen molar-refractivity contribution in [2.45, 2.75) is 26.2 Å². The molecule has 2 aromatic rings. The number of anilines is 2. The fraction of sp³-hybridized carbons (Fsp3) is 0.471. The van der Waals surface area contributed by atoms with E-state index in [1.807, 2.05) is 30.3 Å². The van der Waals surface area contributed by atoms with E-state index in [1.165, 1.54) is 0 Å². The third-order valence-corrected chi connectivity index (χ3v) is 6.23. The van der Waals surface area contributed by atoms with Gasteiger partial charge >= 0.3 is 0 Å². The number of hydrogen-bond donors (Lipinski definition) is 1. The molecule has 25 heavy (non-hydrogen) atoms. The first kappa shape index (κ1) is 17.8. The van der Waals surface area contributed by atoms with Crippen molar-refractivity contribution in [3.05, 3.63) is 42.2 Å². The Balaban J connectivity index is 1.59. The normalized spacial score (nSPS) is 18.8. The van der Waals surface area contributed by atoms with Gasteiger partial charge in [0.25, 0.3) is 0 Å². The number of hydrogen-bond acceptors (Lipinski definition) is 6. The molecule has 0 bridgehead atoms. The van der Waals surface area contributed by atoms with Crippen LogP contribution >= 0.6 is 0 Å². The van der Waals surface area contributed by atoms with Crippen molar-refractivity contribution in [1.29, 1.82) is 0 Å². The van der Waals surface area contributed by atoms with Gasteiger partial charge in [0.15, 0.2) is 5.82 Å². The van der Waals surface area contributed by atoms with Crippen molar-refractivity contribution in [3.8, 4) is 0 Å². The maximum absolute atomic E-state index is 12.1. The monoisotopic (exact) mass is 361 g/mol. The SMILES string of the molecule is CCS(=O)(=O)N1CCC[C@@H](Cc2ccc(Nc3ccccn3)nn2)C1. The first-order valence-electron chi connectivity index (χ1n) is 8.55. The van der Waals surface area contributed by atoms with Crippen molar-refractivity contribution in [2.75, 3.05) is 24.2 Å². The molecule has 0 saturated carbocycles. The topological polar surface area (TPSA) is 88.1 Å². The first-order chi connectivity index (χ1) is 12.1. The zero-order valence-corrected chi connectivity index (χ0v) is 15.1. The highest BCUT2D eigenvalue weighted by Crippen LogP contribution is 2.22. The number of pyridine rings is 1. The van der Waals surface area contributed by atoms with E-state index in [-0.39, 0.29) is 5.75 Å². The van der Waals surface area contributed by atoms with E-state index in [1.54, 1.807) is 17.4 Å². The lowest BCUT2D eigenvalue weighted by molar-refractivity contribution is 0.264. The van der Waals surface area contributed by atoms with Gasteiger partial charge in [0, 0.05) is 19.3 Å². The number of nitrogens with one attached hydrogen (secondary N) is 1. The highest BCUT2D eigenvalue weighted by molar-refractivity contribution is 7.89. The van der Waals surface area contributed by atoms with Crippen LogP contribution in [0, 0.1) is 5.92 Å². The Bertz CT molecular complexity index is 780. The third kappa shape index (κ3) is 4.73. The fourth-order valence-electron chi connectivity index (χ4n) is 3.03. The molecule has 0 unspecified atom stereocenters.